The van der Waals surface area contributed by atoms with Crippen molar-refractivity contribution in [1.29, 1.82) is 5.26 Å². The van der Waals surface area contributed by atoms with Crippen molar-refractivity contribution in [1.82, 2.24) is 24.6 Å². The fourth-order valence-corrected chi connectivity index (χ4v) is 4.68. The molecule has 1 N–H and O–H groups in total. The van der Waals surface area contributed by atoms with E-state index in [9.17, 15) is 28.3 Å². The minimum Gasteiger partial charge on any atom is -0.413 e. The molecule has 0 bridgehead atoms. The molecule has 9 nitrogen and oxygen atoms in total. The molecular formula is C27H23F3N6O3. The van der Waals surface area contributed by atoms with Gasteiger partial charge in [0.1, 0.15) is 0 Å². The van der Waals surface area contributed by atoms with Gasteiger partial charge >= 0.3 is 12.1 Å². The number of piperidine rings is 1. The topological polar surface area (TPSA) is 121 Å². The van der Waals surface area contributed by atoms with Crippen LogP contribution in [0.5, 0.6) is 0 Å². The van der Waals surface area contributed by atoms with E-state index in [0.717, 1.165) is 0 Å². The molecule has 4 aromatic rings. The molecule has 200 valence electrons. The van der Waals surface area contributed by atoms with Gasteiger partial charge in [-0.1, -0.05) is 0 Å². The number of benzene rings is 1. The number of carbonyl (C=O) groups excluding carboxylic acids is 1. The molecule has 4 heterocycles. The Hall–Kier alpha value is -4.34. The van der Waals surface area contributed by atoms with E-state index in [1.165, 1.54) is 18.3 Å². The van der Waals surface area contributed by atoms with Gasteiger partial charge in [-0.05, 0) is 61.7 Å². The van der Waals surface area contributed by atoms with E-state index in [1.54, 1.807) is 30.3 Å². The number of aliphatic hydroxyl groups is 1. The van der Waals surface area contributed by atoms with Gasteiger partial charge in [0, 0.05) is 36.7 Å². The number of nitriles is 1. The van der Waals surface area contributed by atoms with E-state index >= 15 is 0 Å². The molecular weight excluding hydrogens is 513 g/mol. The highest BCUT2D eigenvalue weighted by molar-refractivity contribution is 6.09. The molecule has 5 rings (SSSR count). The second kappa shape index (κ2) is 10.4. The Bertz CT molecular complexity index is 1590. The number of carbonyl (C=O) groups is 1. The summed E-state index contributed by atoms with van der Waals surface area (Å²) in [7, 11) is 0. The largest absolute Gasteiger partial charge is 0.470 e. The van der Waals surface area contributed by atoms with Crippen LogP contribution in [0, 0.1) is 18.3 Å². The third-order valence-electron chi connectivity index (χ3n) is 6.62. The molecule has 12 heteroatoms. The minimum atomic E-state index is -4.74. The van der Waals surface area contributed by atoms with Crippen molar-refractivity contribution in [3.8, 4) is 11.8 Å². The number of aliphatic hydroxyl groups excluding tert-OH is 1. The van der Waals surface area contributed by atoms with Crippen molar-refractivity contribution in [2.24, 2.45) is 0 Å². The number of hydrogen-bond acceptors (Lipinski definition) is 8. The number of rotatable bonds is 6. The van der Waals surface area contributed by atoms with Crippen molar-refractivity contribution in [2.45, 2.75) is 32.0 Å². The molecule has 0 radical (unpaired) electrons. The Kier molecular flexibility index (Phi) is 7.03. The summed E-state index contributed by atoms with van der Waals surface area (Å²) in [6, 6.07) is 10.7. The van der Waals surface area contributed by atoms with Crippen LogP contribution in [-0.2, 0) is 6.18 Å². The number of pyridine rings is 1. The number of Topliss-reactive ketones (excluding diaryl/α,β-unsaturated/α-hetero) is 1. The first-order valence-corrected chi connectivity index (χ1v) is 12.2. The zero-order chi connectivity index (χ0) is 27.7. The molecule has 1 aromatic carbocycles. The van der Waals surface area contributed by atoms with E-state index in [4.69, 9.17) is 0 Å². The van der Waals surface area contributed by atoms with Crippen LogP contribution >= 0.6 is 0 Å². The second-order valence-electron chi connectivity index (χ2n) is 9.30. The minimum absolute atomic E-state index is 0.109. The van der Waals surface area contributed by atoms with E-state index < -0.39 is 12.1 Å². The van der Waals surface area contributed by atoms with Gasteiger partial charge in [0.25, 0.3) is 0 Å². The summed E-state index contributed by atoms with van der Waals surface area (Å²) < 4.78 is 44.8. The standard InChI is InChI=1S/C27H23F3N6O3/c1-16-24(22(38)15-35-10-8-20(37)9-11-35)25-21(36(16)19-5-2-17(13-31)3-6-19)12-18(14-32-25)4-7-23-33-34-26(39-23)27(28,29)30/h2-7,12,14,20,37H,8-11,15H2,1H3/b7-4+. The van der Waals surface area contributed by atoms with Crippen molar-refractivity contribution in [3.63, 3.8) is 0 Å². The molecule has 1 aliphatic rings. The summed E-state index contributed by atoms with van der Waals surface area (Å²) in [6.45, 7) is 3.24. The van der Waals surface area contributed by atoms with Crippen molar-refractivity contribution < 1.29 is 27.5 Å². The van der Waals surface area contributed by atoms with Crippen LogP contribution in [0.2, 0.25) is 0 Å². The number of fused-ring (bicyclic) bond motifs is 1. The third kappa shape index (κ3) is 5.45. The van der Waals surface area contributed by atoms with Crippen LogP contribution in [-0.4, -0.2) is 61.3 Å². The van der Waals surface area contributed by atoms with Gasteiger partial charge in [-0.2, -0.15) is 18.4 Å². The van der Waals surface area contributed by atoms with Gasteiger partial charge in [-0.3, -0.25) is 14.7 Å². The Morgan fingerprint density at radius 2 is 1.92 bits per heavy atom. The number of aromatic nitrogens is 4. The Morgan fingerprint density at radius 3 is 2.56 bits per heavy atom. The van der Waals surface area contributed by atoms with Crippen LogP contribution in [0.4, 0.5) is 13.2 Å². The Labute approximate surface area is 220 Å². The quantitative estimate of drug-likeness (QED) is 0.360. The lowest BCUT2D eigenvalue weighted by Gasteiger charge is -2.28. The molecule has 0 amide bonds. The zero-order valence-corrected chi connectivity index (χ0v) is 20.8. The molecule has 0 atom stereocenters. The SMILES string of the molecule is Cc1c(C(=O)CN2CCC(O)CC2)c2ncc(/C=C/c3nnc(C(F)(F)F)o3)cc2n1-c1ccc(C#N)cc1. The molecule has 3 aromatic heterocycles. The highest BCUT2D eigenvalue weighted by Gasteiger charge is 2.38. The molecule has 1 aliphatic heterocycles. The normalized spacial score (nSPS) is 15.3. The van der Waals surface area contributed by atoms with E-state index in [2.05, 4.69) is 25.7 Å². The lowest BCUT2D eigenvalue weighted by molar-refractivity contribution is -0.157. The molecule has 39 heavy (non-hydrogen) atoms. The van der Waals surface area contributed by atoms with Crippen LogP contribution in [0.3, 0.4) is 0 Å². The number of ketones is 1. The maximum Gasteiger partial charge on any atom is 0.470 e. The van der Waals surface area contributed by atoms with Crippen LogP contribution < -0.4 is 0 Å². The number of halogens is 3. The van der Waals surface area contributed by atoms with Gasteiger partial charge in [0.05, 0.1) is 40.9 Å². The lowest BCUT2D eigenvalue weighted by Crippen LogP contribution is -2.39. The maximum absolute atomic E-state index is 13.5. The zero-order valence-electron chi connectivity index (χ0n) is 20.8. The highest BCUT2D eigenvalue weighted by Crippen LogP contribution is 2.31. The van der Waals surface area contributed by atoms with Gasteiger partial charge < -0.3 is 14.1 Å². The fraction of sp³-hybridized carbons (Fsp3) is 0.296. The number of likely N-dealkylation sites (tertiary alicyclic amines) is 1. The fourth-order valence-electron chi connectivity index (χ4n) is 4.68. The molecule has 0 saturated carbocycles. The predicted octanol–water partition coefficient (Wildman–Crippen LogP) is 4.42. The number of alkyl halides is 3. The van der Waals surface area contributed by atoms with E-state index in [1.807, 2.05) is 16.4 Å². The smallest absolute Gasteiger partial charge is 0.413 e. The van der Waals surface area contributed by atoms with E-state index in [0.29, 0.717) is 65.0 Å². The van der Waals surface area contributed by atoms with Crippen LogP contribution in [0.25, 0.3) is 28.9 Å². The van der Waals surface area contributed by atoms with Gasteiger partial charge in [-0.25, -0.2) is 0 Å². The van der Waals surface area contributed by atoms with Gasteiger partial charge in [0.2, 0.25) is 5.89 Å². The average Bonchev–Trinajstić information content (AvgIpc) is 3.51. The number of nitrogens with zero attached hydrogens (tertiary/aromatic N) is 6. The average molecular weight is 537 g/mol. The molecule has 0 spiro atoms. The van der Waals surface area contributed by atoms with Gasteiger partial charge in [-0.15, -0.1) is 10.2 Å². The monoisotopic (exact) mass is 536 g/mol. The van der Waals surface area contributed by atoms with Crippen LogP contribution in [0.15, 0.2) is 40.9 Å². The van der Waals surface area contributed by atoms with E-state index in [-0.39, 0.29) is 24.3 Å². The van der Waals surface area contributed by atoms with Crippen molar-refractivity contribution >= 4 is 29.0 Å². The van der Waals surface area contributed by atoms with Crippen LogP contribution in [0.1, 0.15) is 51.8 Å². The highest BCUT2D eigenvalue weighted by atomic mass is 19.4. The third-order valence-corrected chi connectivity index (χ3v) is 6.62. The molecule has 1 saturated heterocycles. The maximum atomic E-state index is 13.5. The predicted molar refractivity (Wildman–Crippen MR) is 135 cm³/mol. The van der Waals surface area contributed by atoms with Crippen molar-refractivity contribution in [2.75, 3.05) is 19.6 Å². The molecule has 0 aliphatic carbocycles. The summed E-state index contributed by atoms with van der Waals surface area (Å²) in [5.74, 6) is -1.86. The summed E-state index contributed by atoms with van der Waals surface area (Å²) in [5.41, 5.74) is 3.94. The summed E-state index contributed by atoms with van der Waals surface area (Å²) in [5, 5.41) is 25.4. The molecule has 1 fully saturated rings. The summed E-state index contributed by atoms with van der Waals surface area (Å²) in [6.07, 6.45) is 0.384. The molecule has 0 unspecified atom stereocenters. The first-order valence-electron chi connectivity index (χ1n) is 12.2. The number of hydrogen-bond donors (Lipinski definition) is 1. The second-order valence-corrected chi connectivity index (χ2v) is 9.30. The van der Waals surface area contributed by atoms with Crippen molar-refractivity contribution in [3.05, 3.63) is 70.7 Å². The lowest BCUT2D eigenvalue weighted by atomic mass is 10.1. The van der Waals surface area contributed by atoms with Gasteiger partial charge in [0.15, 0.2) is 5.78 Å². The first kappa shape index (κ1) is 26.3. The Balaban J connectivity index is 1.54. The summed E-state index contributed by atoms with van der Waals surface area (Å²) in [4.78, 5) is 20.1. The first-order chi connectivity index (χ1) is 18.6. The Morgan fingerprint density at radius 1 is 1.21 bits per heavy atom. The summed E-state index contributed by atoms with van der Waals surface area (Å²) >= 11 is 0.